The zero-order chi connectivity index (χ0) is 12.8. The van der Waals surface area contributed by atoms with Crippen molar-refractivity contribution in [2.24, 2.45) is 0 Å². The molecule has 0 N–H and O–H groups in total. The van der Waals surface area contributed by atoms with E-state index in [1.165, 1.54) is 10.0 Å². The minimum absolute atomic E-state index is 0.257. The molecule has 0 spiro atoms. The van der Waals surface area contributed by atoms with Gasteiger partial charge in [-0.1, -0.05) is 0 Å². The van der Waals surface area contributed by atoms with Gasteiger partial charge in [0.15, 0.2) is 0 Å². The molecule has 0 aliphatic carbocycles. The normalized spacial score (nSPS) is 10.3. The fraction of sp³-hybridized carbons (Fsp3) is 0.188. The van der Waals surface area contributed by atoms with Crippen LogP contribution in [0.2, 0.25) is 5.32 Å². The van der Waals surface area contributed by atoms with E-state index in [0.29, 0.717) is 21.4 Å². The summed E-state index contributed by atoms with van der Waals surface area (Å²) in [7, 11) is 0. The van der Waals surface area contributed by atoms with Gasteiger partial charge in [-0.05, 0) is 0 Å². The first-order valence-corrected chi connectivity index (χ1v) is 8.10. The summed E-state index contributed by atoms with van der Waals surface area (Å²) in [6.07, 6.45) is 0.651. The molecule has 1 nitrogen and oxygen atoms in total. The summed E-state index contributed by atoms with van der Waals surface area (Å²) in [4.78, 5) is 12.0. The van der Waals surface area contributed by atoms with Gasteiger partial charge in [0.2, 0.25) is 0 Å². The molecule has 0 unspecified atom stereocenters. The molecule has 92 valence electrons. The number of hydrogen-bond donors (Lipinski definition) is 0. The van der Waals surface area contributed by atoms with Crippen LogP contribution < -0.4 is 4.46 Å². The van der Waals surface area contributed by atoms with Crippen molar-refractivity contribution in [1.29, 1.82) is 0 Å². The van der Waals surface area contributed by atoms with E-state index in [-0.39, 0.29) is 5.78 Å². The van der Waals surface area contributed by atoms with Crippen molar-refractivity contribution in [3.8, 4) is 0 Å². The molecule has 0 saturated carbocycles. The van der Waals surface area contributed by atoms with Crippen LogP contribution in [0.25, 0.3) is 0 Å². The van der Waals surface area contributed by atoms with Gasteiger partial charge in [0.05, 0.1) is 0 Å². The first kappa shape index (κ1) is 13.1. The second-order valence-corrected chi connectivity index (χ2v) is 6.65. The summed E-state index contributed by atoms with van der Waals surface area (Å²) in [6.45, 7) is 2.03. The molecule has 0 amide bonds. The predicted octanol–water partition coefficient (Wildman–Crippen LogP) is 3.02. The van der Waals surface area contributed by atoms with Crippen LogP contribution in [0.4, 0.5) is 0 Å². The fourth-order valence-corrected chi connectivity index (χ4v) is 3.49. The Morgan fingerprint density at radius 1 is 1.00 bits per heavy atom. The van der Waals surface area contributed by atoms with Gasteiger partial charge in [-0.25, -0.2) is 0 Å². The standard InChI is InChI=1S/C16H16OSe/c1-13-7-9-14(10-8-13)16(17)11-12-18-15-5-3-2-4-6-15/h2-10H,11-12H2,1H3. The Kier molecular flexibility index (Phi) is 4.74. The minimum atomic E-state index is 0.257. The molecule has 0 heterocycles. The van der Waals surface area contributed by atoms with Gasteiger partial charge in [0.25, 0.3) is 0 Å². The fourth-order valence-electron chi connectivity index (χ4n) is 1.66. The molecule has 2 rings (SSSR count). The monoisotopic (exact) mass is 304 g/mol. The first-order chi connectivity index (χ1) is 8.75. The predicted molar refractivity (Wildman–Crippen MR) is 76.8 cm³/mol. The topological polar surface area (TPSA) is 17.1 Å². The number of hydrogen-bond acceptors (Lipinski definition) is 1. The summed E-state index contributed by atoms with van der Waals surface area (Å²) in [6, 6.07) is 18.2. The third-order valence-electron chi connectivity index (χ3n) is 2.71. The van der Waals surface area contributed by atoms with Crippen LogP contribution in [0.1, 0.15) is 22.3 Å². The van der Waals surface area contributed by atoms with Gasteiger partial charge in [0, 0.05) is 0 Å². The molecular weight excluding hydrogens is 287 g/mol. The van der Waals surface area contributed by atoms with Gasteiger partial charge in [-0.15, -0.1) is 0 Å². The van der Waals surface area contributed by atoms with Crippen molar-refractivity contribution in [2.75, 3.05) is 0 Å². The molecule has 0 atom stereocenters. The summed E-state index contributed by atoms with van der Waals surface area (Å²) >= 11 is 0.404. The van der Waals surface area contributed by atoms with E-state index in [4.69, 9.17) is 0 Å². The van der Waals surface area contributed by atoms with E-state index >= 15 is 0 Å². The maximum atomic E-state index is 12.0. The van der Waals surface area contributed by atoms with Crippen LogP contribution in [0.3, 0.4) is 0 Å². The third-order valence-corrected chi connectivity index (χ3v) is 4.84. The number of carbonyl (C=O) groups is 1. The maximum absolute atomic E-state index is 12.0. The van der Waals surface area contributed by atoms with E-state index in [2.05, 4.69) is 24.3 Å². The van der Waals surface area contributed by atoms with Crippen molar-refractivity contribution >= 4 is 25.2 Å². The molecule has 0 saturated heterocycles. The van der Waals surface area contributed by atoms with Gasteiger partial charge in [-0.2, -0.15) is 0 Å². The SMILES string of the molecule is Cc1ccc(C(=O)CC[Se]c2ccccc2)cc1. The van der Waals surface area contributed by atoms with Gasteiger partial charge in [0.1, 0.15) is 0 Å². The zero-order valence-corrected chi connectivity index (χ0v) is 12.1. The van der Waals surface area contributed by atoms with Crippen molar-refractivity contribution in [3.05, 3.63) is 65.7 Å². The second-order valence-electron chi connectivity index (χ2n) is 4.20. The van der Waals surface area contributed by atoms with Gasteiger partial charge >= 0.3 is 114 Å². The Bertz CT molecular complexity index is 502. The third kappa shape index (κ3) is 3.83. The van der Waals surface area contributed by atoms with E-state index in [1.54, 1.807) is 0 Å². The van der Waals surface area contributed by atoms with Gasteiger partial charge < -0.3 is 0 Å². The van der Waals surface area contributed by atoms with Crippen LogP contribution in [-0.2, 0) is 0 Å². The average Bonchev–Trinajstić information content (AvgIpc) is 2.40. The van der Waals surface area contributed by atoms with Crippen molar-refractivity contribution in [3.63, 3.8) is 0 Å². The Morgan fingerprint density at radius 2 is 1.67 bits per heavy atom. The molecule has 0 aliphatic rings. The number of ketones is 1. The quantitative estimate of drug-likeness (QED) is 0.613. The summed E-state index contributed by atoms with van der Waals surface area (Å²) < 4.78 is 1.36. The number of benzene rings is 2. The zero-order valence-electron chi connectivity index (χ0n) is 10.4. The summed E-state index contributed by atoms with van der Waals surface area (Å²) in [5, 5.41) is 0.976. The Balaban J connectivity index is 1.84. The summed E-state index contributed by atoms with van der Waals surface area (Å²) in [5.74, 6) is 0.257. The molecule has 2 aromatic rings. The average molecular weight is 303 g/mol. The molecule has 0 radical (unpaired) electrons. The van der Waals surface area contributed by atoms with Crippen molar-refractivity contribution in [1.82, 2.24) is 0 Å². The molecule has 18 heavy (non-hydrogen) atoms. The number of aryl methyl sites for hydroxylation is 1. The van der Waals surface area contributed by atoms with E-state index in [9.17, 15) is 4.79 Å². The Hall–Kier alpha value is -1.37. The summed E-state index contributed by atoms with van der Waals surface area (Å²) in [5.41, 5.74) is 2.03. The Labute approximate surface area is 114 Å². The van der Waals surface area contributed by atoms with Crippen LogP contribution in [0.5, 0.6) is 0 Å². The molecule has 0 fully saturated rings. The Morgan fingerprint density at radius 3 is 2.33 bits per heavy atom. The molecule has 2 aromatic carbocycles. The van der Waals surface area contributed by atoms with Gasteiger partial charge in [-0.3, -0.25) is 0 Å². The molecular formula is C16H16OSe. The van der Waals surface area contributed by atoms with Crippen LogP contribution in [0.15, 0.2) is 54.6 Å². The molecule has 0 aliphatic heterocycles. The number of carbonyl (C=O) groups excluding carboxylic acids is 1. The van der Waals surface area contributed by atoms with Crippen molar-refractivity contribution in [2.45, 2.75) is 18.7 Å². The number of Topliss-reactive ketones (excluding diaryl/α,β-unsaturated/α-hetero) is 1. The van der Waals surface area contributed by atoms with E-state index in [1.807, 2.05) is 37.3 Å². The molecule has 0 bridgehead atoms. The van der Waals surface area contributed by atoms with Crippen molar-refractivity contribution < 1.29 is 4.79 Å². The van der Waals surface area contributed by atoms with Crippen LogP contribution in [-0.4, -0.2) is 20.7 Å². The molecule has 0 aromatic heterocycles. The number of rotatable bonds is 5. The second kappa shape index (κ2) is 6.53. The van der Waals surface area contributed by atoms with Crippen LogP contribution >= 0.6 is 0 Å². The molecule has 2 heteroatoms. The van der Waals surface area contributed by atoms with E-state index < -0.39 is 0 Å². The van der Waals surface area contributed by atoms with E-state index in [0.717, 1.165) is 10.9 Å². The van der Waals surface area contributed by atoms with Crippen LogP contribution in [0, 0.1) is 6.92 Å². The first-order valence-electron chi connectivity index (χ1n) is 6.03.